The number of rotatable bonds is 5. The molecule has 0 saturated heterocycles. The van der Waals surface area contributed by atoms with E-state index in [1.807, 2.05) is 0 Å². The maximum atomic E-state index is 12.2. The van der Waals surface area contributed by atoms with E-state index in [1.54, 1.807) is 17.5 Å². The number of hydrogen-bond acceptors (Lipinski definition) is 6. The number of anilines is 1. The van der Waals surface area contributed by atoms with Crippen molar-refractivity contribution in [2.24, 2.45) is 5.73 Å². The van der Waals surface area contributed by atoms with Crippen molar-refractivity contribution in [3.05, 3.63) is 33.8 Å². The number of benzene rings is 1. The summed E-state index contributed by atoms with van der Waals surface area (Å²) in [6.07, 6.45) is 0.934. The summed E-state index contributed by atoms with van der Waals surface area (Å²) in [5.74, 6) is 0.348. The van der Waals surface area contributed by atoms with Gasteiger partial charge in [-0.15, -0.1) is 11.3 Å². The van der Waals surface area contributed by atoms with Crippen molar-refractivity contribution in [3.8, 4) is 11.5 Å². The number of nitrogens with two attached hydrogens (primary N) is 1. The van der Waals surface area contributed by atoms with Crippen molar-refractivity contribution >= 4 is 39.9 Å². The van der Waals surface area contributed by atoms with Crippen LogP contribution in [0.5, 0.6) is 11.5 Å². The van der Waals surface area contributed by atoms with Crippen molar-refractivity contribution in [1.82, 2.24) is 4.98 Å². The standard InChI is InChI=1S/C16H16ClN3O4S/c17-11-4-9(5-12-15(11)24-3-1-2-23-12)6-14(22)20-16-19-10(8-25-16)7-13(18)21/h4-5,8H,1-3,6-7H2,(H2,18,21)(H,19,20,22). The van der Waals surface area contributed by atoms with Gasteiger partial charge in [-0.25, -0.2) is 4.98 Å². The van der Waals surface area contributed by atoms with Gasteiger partial charge in [0, 0.05) is 11.8 Å². The second-order valence-electron chi connectivity index (χ2n) is 5.47. The predicted octanol–water partition coefficient (Wildman–Crippen LogP) is 2.17. The van der Waals surface area contributed by atoms with Gasteiger partial charge in [0.05, 0.1) is 36.8 Å². The van der Waals surface area contributed by atoms with E-state index in [2.05, 4.69) is 10.3 Å². The number of thiazole rings is 1. The lowest BCUT2D eigenvalue weighted by Crippen LogP contribution is -2.15. The smallest absolute Gasteiger partial charge is 0.230 e. The zero-order valence-electron chi connectivity index (χ0n) is 13.2. The molecule has 0 saturated carbocycles. The number of amides is 2. The number of halogens is 1. The molecule has 3 N–H and O–H groups in total. The molecule has 1 aromatic heterocycles. The van der Waals surface area contributed by atoms with Crippen LogP contribution in [0.25, 0.3) is 0 Å². The lowest BCUT2D eigenvalue weighted by Gasteiger charge is -2.11. The van der Waals surface area contributed by atoms with Crippen LogP contribution in [0.15, 0.2) is 17.5 Å². The molecule has 7 nitrogen and oxygen atoms in total. The monoisotopic (exact) mass is 381 g/mol. The molecule has 1 aliphatic rings. The molecule has 0 radical (unpaired) electrons. The highest BCUT2D eigenvalue weighted by Gasteiger charge is 2.17. The topological polar surface area (TPSA) is 104 Å². The normalized spacial score (nSPS) is 13.2. The van der Waals surface area contributed by atoms with E-state index in [0.29, 0.717) is 46.1 Å². The molecule has 1 aromatic carbocycles. The predicted molar refractivity (Wildman–Crippen MR) is 94.4 cm³/mol. The van der Waals surface area contributed by atoms with Crippen LogP contribution < -0.4 is 20.5 Å². The molecule has 0 aliphatic carbocycles. The lowest BCUT2D eigenvalue weighted by atomic mass is 10.1. The summed E-state index contributed by atoms with van der Waals surface area (Å²) in [5.41, 5.74) is 6.36. The average molecular weight is 382 g/mol. The number of nitrogens with one attached hydrogen (secondary N) is 1. The van der Waals surface area contributed by atoms with Gasteiger partial charge in [-0.1, -0.05) is 11.6 Å². The van der Waals surface area contributed by atoms with Gasteiger partial charge in [0.2, 0.25) is 11.8 Å². The highest BCUT2D eigenvalue weighted by molar-refractivity contribution is 7.13. The largest absolute Gasteiger partial charge is 0.489 e. The molecule has 0 atom stereocenters. The van der Waals surface area contributed by atoms with Crippen LogP contribution in [0.4, 0.5) is 5.13 Å². The minimum absolute atomic E-state index is 0.0458. The Morgan fingerprint density at radius 3 is 2.88 bits per heavy atom. The second kappa shape index (κ2) is 7.71. The first-order valence-corrected chi connectivity index (χ1v) is 8.87. The Hall–Kier alpha value is -2.32. The third-order valence-corrected chi connectivity index (χ3v) is 4.47. The van der Waals surface area contributed by atoms with E-state index in [9.17, 15) is 9.59 Å². The van der Waals surface area contributed by atoms with Crippen LogP contribution in [0, 0.1) is 0 Å². The summed E-state index contributed by atoms with van der Waals surface area (Å²) in [7, 11) is 0. The van der Waals surface area contributed by atoms with Gasteiger partial charge in [-0.3, -0.25) is 9.59 Å². The number of nitrogens with zero attached hydrogens (tertiary/aromatic N) is 1. The number of ether oxygens (including phenoxy) is 2. The van der Waals surface area contributed by atoms with Crippen molar-refractivity contribution in [1.29, 1.82) is 0 Å². The summed E-state index contributed by atoms with van der Waals surface area (Å²) in [6.45, 7) is 1.09. The fourth-order valence-corrected chi connectivity index (χ4v) is 3.37. The van der Waals surface area contributed by atoms with Crippen LogP contribution in [-0.2, 0) is 22.4 Å². The van der Waals surface area contributed by atoms with Crippen LogP contribution in [0.3, 0.4) is 0 Å². The quantitative estimate of drug-likeness (QED) is 0.826. The van der Waals surface area contributed by atoms with Crippen molar-refractivity contribution in [3.63, 3.8) is 0 Å². The van der Waals surface area contributed by atoms with E-state index in [1.165, 1.54) is 11.3 Å². The lowest BCUT2D eigenvalue weighted by molar-refractivity contribution is -0.117. The molecule has 25 heavy (non-hydrogen) atoms. The molecule has 0 spiro atoms. The summed E-state index contributed by atoms with van der Waals surface area (Å²) >= 11 is 7.46. The summed E-state index contributed by atoms with van der Waals surface area (Å²) in [5, 5.41) is 5.22. The molecular formula is C16H16ClN3O4S. The fraction of sp³-hybridized carbons (Fsp3) is 0.312. The van der Waals surface area contributed by atoms with E-state index >= 15 is 0 Å². The Labute approximate surface area is 153 Å². The van der Waals surface area contributed by atoms with Gasteiger partial charge in [0.1, 0.15) is 0 Å². The van der Waals surface area contributed by atoms with Crippen molar-refractivity contribution in [2.45, 2.75) is 19.3 Å². The minimum Gasteiger partial charge on any atom is -0.489 e. The maximum absolute atomic E-state index is 12.2. The number of carbonyl (C=O) groups is 2. The van der Waals surface area contributed by atoms with Crippen LogP contribution in [0.1, 0.15) is 17.7 Å². The first-order valence-electron chi connectivity index (χ1n) is 7.62. The first kappa shape index (κ1) is 17.5. The highest BCUT2D eigenvalue weighted by atomic mass is 35.5. The summed E-state index contributed by atoms with van der Waals surface area (Å²) in [4.78, 5) is 27.2. The Bertz CT molecular complexity index is 809. The highest BCUT2D eigenvalue weighted by Crippen LogP contribution is 2.38. The third kappa shape index (κ3) is 4.61. The number of primary amides is 1. The van der Waals surface area contributed by atoms with E-state index in [-0.39, 0.29) is 18.7 Å². The summed E-state index contributed by atoms with van der Waals surface area (Å²) in [6, 6.07) is 3.45. The Balaban J connectivity index is 1.66. The second-order valence-corrected chi connectivity index (χ2v) is 6.73. The maximum Gasteiger partial charge on any atom is 0.230 e. The molecule has 9 heteroatoms. The molecule has 132 valence electrons. The SMILES string of the molecule is NC(=O)Cc1csc(NC(=O)Cc2cc(Cl)c3c(c2)OCCCO3)n1. The molecule has 1 aliphatic heterocycles. The molecule has 2 aromatic rings. The van der Waals surface area contributed by atoms with Gasteiger partial charge in [0.15, 0.2) is 16.6 Å². The fourth-order valence-electron chi connectivity index (χ4n) is 2.36. The van der Waals surface area contributed by atoms with Gasteiger partial charge in [-0.05, 0) is 17.7 Å². The minimum atomic E-state index is -0.468. The van der Waals surface area contributed by atoms with E-state index in [0.717, 1.165) is 6.42 Å². The Morgan fingerprint density at radius 1 is 1.28 bits per heavy atom. The summed E-state index contributed by atoms with van der Waals surface area (Å²) < 4.78 is 11.2. The number of carbonyl (C=O) groups excluding carboxylic acids is 2. The molecule has 3 rings (SSSR count). The third-order valence-electron chi connectivity index (χ3n) is 3.38. The molecule has 0 fully saturated rings. The van der Waals surface area contributed by atoms with Gasteiger partial charge in [-0.2, -0.15) is 0 Å². The molecule has 2 heterocycles. The molecular weight excluding hydrogens is 366 g/mol. The average Bonchev–Trinajstić information content (AvgIpc) is 2.81. The molecule has 2 amide bonds. The Kier molecular flexibility index (Phi) is 5.40. The number of aromatic nitrogens is 1. The first-order chi connectivity index (χ1) is 12.0. The van der Waals surface area contributed by atoms with Crippen molar-refractivity contribution in [2.75, 3.05) is 18.5 Å². The van der Waals surface area contributed by atoms with E-state index < -0.39 is 5.91 Å². The molecule has 0 bridgehead atoms. The van der Waals surface area contributed by atoms with Crippen LogP contribution >= 0.6 is 22.9 Å². The van der Waals surface area contributed by atoms with Crippen molar-refractivity contribution < 1.29 is 19.1 Å². The van der Waals surface area contributed by atoms with Crippen LogP contribution in [-0.4, -0.2) is 30.0 Å². The number of fused-ring (bicyclic) bond motifs is 1. The zero-order valence-corrected chi connectivity index (χ0v) is 14.8. The Morgan fingerprint density at radius 2 is 2.08 bits per heavy atom. The van der Waals surface area contributed by atoms with Gasteiger partial charge < -0.3 is 20.5 Å². The van der Waals surface area contributed by atoms with Crippen LogP contribution in [0.2, 0.25) is 5.02 Å². The van der Waals surface area contributed by atoms with E-state index in [4.69, 9.17) is 26.8 Å². The van der Waals surface area contributed by atoms with Gasteiger partial charge >= 0.3 is 0 Å². The molecule has 0 unspecified atom stereocenters. The van der Waals surface area contributed by atoms with Gasteiger partial charge in [0.25, 0.3) is 0 Å². The number of hydrogen-bond donors (Lipinski definition) is 2. The zero-order chi connectivity index (χ0) is 17.8.